The second-order valence-corrected chi connectivity index (χ2v) is 3.69. The average molecular weight is 437 g/mol. The van der Waals surface area contributed by atoms with Crippen LogP contribution in [-0.4, -0.2) is 29.0 Å². The normalized spacial score (nSPS) is 9.16. The minimum absolute atomic E-state index is 0. The van der Waals surface area contributed by atoms with Gasteiger partial charge in [-0.05, 0) is 6.07 Å². The first kappa shape index (κ1) is 17.2. The molecule has 3 amide bonds. The van der Waals surface area contributed by atoms with Crippen molar-refractivity contribution in [3.8, 4) is 0 Å². The van der Waals surface area contributed by atoms with Crippen LogP contribution in [0.4, 0.5) is 5.69 Å². The van der Waals surface area contributed by atoms with Crippen LogP contribution in [0.2, 0.25) is 0 Å². The van der Waals surface area contributed by atoms with E-state index in [0.29, 0.717) is 11.4 Å². The Morgan fingerprint density at radius 2 is 1.95 bits per heavy atom. The summed E-state index contributed by atoms with van der Waals surface area (Å²) in [6.45, 7) is 4.59. The van der Waals surface area contributed by atoms with Gasteiger partial charge in [0.05, 0.1) is 18.3 Å². The van der Waals surface area contributed by atoms with Crippen LogP contribution in [-0.2, 0) is 37.1 Å². The number of anilines is 1. The number of hydrogen-bond acceptors (Lipinski definition) is 3. The molecule has 0 unspecified atom stereocenters. The van der Waals surface area contributed by atoms with Crippen LogP contribution in [0.1, 0.15) is 17.4 Å². The predicted molar refractivity (Wildman–Crippen MR) is 65.5 cm³/mol. The van der Waals surface area contributed by atoms with Gasteiger partial charge >= 0.3 is 0 Å². The molecule has 1 aromatic rings. The second-order valence-electron chi connectivity index (χ2n) is 3.69. The van der Waals surface area contributed by atoms with Crippen LogP contribution in [0.3, 0.4) is 0 Å². The summed E-state index contributed by atoms with van der Waals surface area (Å²) in [7, 11) is 1.67. The molecule has 19 heavy (non-hydrogen) atoms. The summed E-state index contributed by atoms with van der Waals surface area (Å²) in [5, 5.41) is 7.44. The molecular weight excluding hydrogens is 422 g/mol. The smallest absolute Gasteiger partial charge is 0.269 e. The fourth-order valence-corrected chi connectivity index (χ4v) is 1.36. The van der Waals surface area contributed by atoms with E-state index in [4.69, 9.17) is 0 Å². The van der Waals surface area contributed by atoms with Gasteiger partial charge in [0.15, 0.2) is 0 Å². The summed E-state index contributed by atoms with van der Waals surface area (Å²) in [6, 6.07) is 1.52. The summed E-state index contributed by atoms with van der Waals surface area (Å²) in [5.41, 5.74) is 0.853. The topological polar surface area (TPSA) is 92.2 Å². The largest absolute Gasteiger partial charge is 0.350 e. The molecule has 0 aliphatic carbocycles. The quantitative estimate of drug-likeness (QED) is 0.443. The number of aryl methyl sites for hydroxylation is 1. The summed E-state index contributed by atoms with van der Waals surface area (Å²) in [4.78, 5) is 33.1. The van der Waals surface area contributed by atoms with Crippen molar-refractivity contribution in [1.82, 2.24) is 15.2 Å². The Balaban J connectivity index is 0.00000324. The van der Waals surface area contributed by atoms with Gasteiger partial charge in [0.25, 0.3) is 5.91 Å². The van der Waals surface area contributed by atoms with Crippen LogP contribution < -0.4 is 16.0 Å². The number of hydrogen-bond donors (Lipinski definition) is 3. The molecule has 0 fully saturated rings. The molecule has 7 nitrogen and oxygen atoms in total. The molecule has 0 saturated carbocycles. The fourth-order valence-electron chi connectivity index (χ4n) is 1.36. The molecule has 0 aliphatic heterocycles. The van der Waals surface area contributed by atoms with Gasteiger partial charge in [-0.3, -0.25) is 9.59 Å². The van der Waals surface area contributed by atoms with E-state index in [1.54, 1.807) is 17.8 Å². The first-order chi connectivity index (χ1) is 8.40. The van der Waals surface area contributed by atoms with Crippen molar-refractivity contribution in [3.63, 3.8) is 0 Å². The molecule has 0 bridgehead atoms. The van der Waals surface area contributed by atoms with E-state index in [1.165, 1.54) is 13.0 Å². The molecule has 3 N–H and O–H groups in total. The standard InChI is InChI=1S/C11H15N4O3.Re/c1-7(16)12-6-13-11(18)10-4-9(5-15(10)3)14-8(2)17;/h4-5H,2,6H2,1,3H3,(H,12,16)(H,13,18)(H,14,17);/q-1;. The van der Waals surface area contributed by atoms with Gasteiger partial charge in [-0.15, -0.1) is 0 Å². The Morgan fingerprint density at radius 3 is 2.47 bits per heavy atom. The molecule has 0 spiro atoms. The van der Waals surface area contributed by atoms with Crippen LogP contribution in [0.25, 0.3) is 0 Å². The van der Waals surface area contributed by atoms with Crippen LogP contribution in [0.15, 0.2) is 12.3 Å². The van der Waals surface area contributed by atoms with Crippen molar-refractivity contribution in [3.05, 3.63) is 24.9 Å². The van der Waals surface area contributed by atoms with E-state index in [1.807, 2.05) is 0 Å². The van der Waals surface area contributed by atoms with Crippen molar-refractivity contribution in [2.24, 2.45) is 7.05 Å². The summed E-state index contributed by atoms with van der Waals surface area (Å²) in [6.07, 6.45) is 1.59. The maximum absolute atomic E-state index is 11.7. The molecule has 0 aromatic carbocycles. The van der Waals surface area contributed by atoms with E-state index >= 15 is 0 Å². The number of aromatic nitrogens is 1. The van der Waals surface area contributed by atoms with Crippen molar-refractivity contribution in [2.75, 3.05) is 12.0 Å². The number of amides is 3. The Labute approximate surface area is 124 Å². The maximum Gasteiger partial charge on any atom is 0.269 e. The van der Waals surface area contributed by atoms with Gasteiger partial charge in [0.1, 0.15) is 5.69 Å². The molecule has 1 rings (SSSR count). The van der Waals surface area contributed by atoms with Gasteiger partial charge < -0.3 is 32.2 Å². The predicted octanol–water partition coefficient (Wildman–Crippen LogP) is -0.381. The average Bonchev–Trinajstić information content (AvgIpc) is 2.57. The minimum atomic E-state index is -0.453. The molecule has 0 atom stereocenters. The van der Waals surface area contributed by atoms with Gasteiger partial charge in [0, 0.05) is 40.6 Å². The van der Waals surface area contributed by atoms with E-state index < -0.39 is 5.91 Å². The van der Waals surface area contributed by atoms with E-state index in [0.717, 1.165) is 0 Å². The number of nitrogens with zero attached hydrogens (tertiary/aromatic N) is 1. The zero-order valence-electron chi connectivity index (χ0n) is 10.6. The van der Waals surface area contributed by atoms with Gasteiger partial charge in [0.2, 0.25) is 5.91 Å². The summed E-state index contributed by atoms with van der Waals surface area (Å²) < 4.78 is 1.56. The molecule has 8 heteroatoms. The summed E-state index contributed by atoms with van der Waals surface area (Å²) >= 11 is 0. The zero-order valence-corrected chi connectivity index (χ0v) is 13.3. The Hall–Kier alpha value is -1.78. The van der Waals surface area contributed by atoms with Crippen molar-refractivity contribution in [2.45, 2.75) is 6.92 Å². The van der Waals surface area contributed by atoms with Gasteiger partial charge in [-0.2, -0.15) is 0 Å². The third-order valence-electron chi connectivity index (χ3n) is 2.11. The third kappa shape index (κ3) is 5.59. The molecule has 1 radical (unpaired) electrons. The molecular formula is C11H15N4O3Re-. The minimum Gasteiger partial charge on any atom is -0.350 e. The van der Waals surface area contributed by atoms with Crippen molar-refractivity contribution in [1.29, 1.82) is 0 Å². The molecule has 0 saturated heterocycles. The van der Waals surface area contributed by atoms with Crippen molar-refractivity contribution < 1.29 is 34.8 Å². The molecule has 1 aromatic heterocycles. The third-order valence-corrected chi connectivity index (χ3v) is 2.11. The van der Waals surface area contributed by atoms with Crippen molar-refractivity contribution >= 4 is 23.4 Å². The fraction of sp³-hybridized carbons (Fsp3) is 0.273. The molecule has 105 valence electrons. The van der Waals surface area contributed by atoms with Crippen LogP contribution >= 0.6 is 0 Å². The number of nitrogens with one attached hydrogen (secondary N) is 3. The Bertz CT molecular complexity index is 484. The maximum atomic E-state index is 11.7. The van der Waals surface area contributed by atoms with E-state index in [2.05, 4.69) is 22.9 Å². The first-order valence-electron chi connectivity index (χ1n) is 5.22. The van der Waals surface area contributed by atoms with Crippen LogP contribution in [0, 0.1) is 6.92 Å². The Morgan fingerprint density at radius 1 is 1.32 bits per heavy atom. The van der Waals surface area contributed by atoms with E-state index in [9.17, 15) is 14.4 Å². The summed E-state index contributed by atoms with van der Waals surface area (Å²) in [5.74, 6) is -1.03. The SMILES string of the molecule is [CH2-]C(=O)Nc1cc(C(=O)NCNC(C)=O)n(C)c1.[Re]. The number of carbonyl (C=O) groups is 3. The number of carbonyl (C=O) groups excluding carboxylic acids is 3. The molecule has 1 heterocycles. The van der Waals surface area contributed by atoms with Gasteiger partial charge in [-0.25, -0.2) is 0 Å². The van der Waals surface area contributed by atoms with E-state index in [-0.39, 0.29) is 38.9 Å². The zero-order chi connectivity index (χ0) is 13.7. The van der Waals surface area contributed by atoms with Crippen LogP contribution in [0.5, 0.6) is 0 Å². The second kappa shape index (κ2) is 7.61. The van der Waals surface area contributed by atoms with Gasteiger partial charge in [-0.1, -0.05) is 0 Å². The Kier molecular flexibility index (Phi) is 6.90. The molecule has 0 aliphatic rings. The monoisotopic (exact) mass is 438 g/mol. The first-order valence-corrected chi connectivity index (χ1v) is 5.22. The number of rotatable bonds is 4.